The Labute approximate surface area is 129 Å². The van der Waals surface area contributed by atoms with Crippen LogP contribution in [0.4, 0.5) is 0 Å². The maximum Gasteiger partial charge on any atom is 0.241 e. The average Bonchev–Trinajstić information content (AvgIpc) is 3.03. The van der Waals surface area contributed by atoms with Crippen molar-refractivity contribution in [3.05, 3.63) is 40.0 Å². The van der Waals surface area contributed by atoms with Crippen LogP contribution in [0.1, 0.15) is 30.2 Å². The van der Waals surface area contributed by atoms with E-state index in [-0.39, 0.29) is 6.54 Å². The summed E-state index contributed by atoms with van der Waals surface area (Å²) in [6, 6.07) is 5.65. The molecular weight excluding hydrogens is 308 g/mol. The monoisotopic (exact) mass is 328 g/mol. The minimum absolute atomic E-state index is 0.158. The molecule has 116 valence electrons. The number of rotatable bonds is 7. The van der Waals surface area contributed by atoms with Gasteiger partial charge in [0.15, 0.2) is 0 Å². The van der Waals surface area contributed by atoms with E-state index in [1.54, 1.807) is 17.5 Å². The van der Waals surface area contributed by atoms with Crippen molar-refractivity contribution in [2.45, 2.75) is 44.8 Å². The maximum atomic E-state index is 12.2. The van der Waals surface area contributed by atoms with Gasteiger partial charge in [-0.15, -0.1) is 11.3 Å². The second-order valence-corrected chi connectivity index (χ2v) is 7.88. The molecule has 2 aromatic heterocycles. The van der Waals surface area contributed by atoms with Gasteiger partial charge in [-0.05, 0) is 25.1 Å². The molecule has 0 amide bonds. The lowest BCUT2D eigenvalue weighted by atomic mass is 10.4. The molecule has 0 saturated heterocycles. The lowest BCUT2D eigenvalue weighted by Crippen LogP contribution is -2.23. The van der Waals surface area contributed by atoms with Crippen molar-refractivity contribution in [2.75, 3.05) is 0 Å². The Kier molecular flexibility index (Phi) is 5.21. The highest BCUT2D eigenvalue weighted by molar-refractivity contribution is 7.89. The predicted molar refractivity (Wildman–Crippen MR) is 83.8 cm³/mol. The van der Waals surface area contributed by atoms with E-state index in [1.165, 1.54) is 11.3 Å². The van der Waals surface area contributed by atoms with Gasteiger partial charge in [0.1, 0.15) is 11.5 Å². The first-order chi connectivity index (χ1) is 9.87. The third-order valence-electron chi connectivity index (χ3n) is 2.86. The molecule has 0 saturated carbocycles. The quantitative estimate of drug-likeness (QED) is 0.819. The largest absolute Gasteiger partial charge is 0.465 e. The van der Waals surface area contributed by atoms with Gasteiger partial charge in [-0.2, -0.15) is 0 Å². The Morgan fingerprint density at radius 1 is 1.29 bits per heavy atom. The van der Waals surface area contributed by atoms with Crippen molar-refractivity contribution >= 4 is 21.4 Å². The lowest BCUT2D eigenvalue weighted by Gasteiger charge is -2.05. The SMILES string of the molecule is Cc1ccc(CNS(=O)(=O)c2csc(CNC(C)C)c2)o1. The summed E-state index contributed by atoms with van der Waals surface area (Å²) in [5.41, 5.74) is 0. The van der Waals surface area contributed by atoms with Crippen molar-refractivity contribution in [1.82, 2.24) is 10.0 Å². The van der Waals surface area contributed by atoms with E-state index in [0.717, 1.165) is 10.6 Å². The van der Waals surface area contributed by atoms with Gasteiger partial charge in [0, 0.05) is 22.8 Å². The highest BCUT2D eigenvalue weighted by Gasteiger charge is 2.16. The molecule has 0 radical (unpaired) electrons. The second-order valence-electron chi connectivity index (χ2n) is 5.12. The molecule has 2 aromatic rings. The summed E-state index contributed by atoms with van der Waals surface area (Å²) in [4.78, 5) is 1.30. The van der Waals surface area contributed by atoms with Crippen molar-refractivity contribution in [2.24, 2.45) is 0 Å². The fourth-order valence-electron chi connectivity index (χ4n) is 1.73. The first kappa shape index (κ1) is 16.2. The fourth-order valence-corrected chi connectivity index (χ4v) is 3.95. The Morgan fingerprint density at radius 2 is 2.05 bits per heavy atom. The fraction of sp³-hybridized carbons (Fsp3) is 0.429. The van der Waals surface area contributed by atoms with Gasteiger partial charge in [0.2, 0.25) is 10.0 Å². The van der Waals surface area contributed by atoms with Crippen LogP contribution < -0.4 is 10.0 Å². The third kappa shape index (κ3) is 4.67. The molecule has 0 fully saturated rings. The molecule has 5 nitrogen and oxygen atoms in total. The molecule has 0 aliphatic rings. The number of hydrogen-bond acceptors (Lipinski definition) is 5. The van der Waals surface area contributed by atoms with Gasteiger partial charge < -0.3 is 9.73 Å². The summed E-state index contributed by atoms with van der Waals surface area (Å²) >= 11 is 1.44. The first-order valence-electron chi connectivity index (χ1n) is 6.72. The van der Waals surface area contributed by atoms with Crippen LogP contribution in [0.2, 0.25) is 0 Å². The Balaban J connectivity index is 1.99. The van der Waals surface area contributed by atoms with Crippen LogP contribution in [0.25, 0.3) is 0 Å². The van der Waals surface area contributed by atoms with Crippen molar-refractivity contribution in [1.29, 1.82) is 0 Å². The Bertz CT molecular complexity index is 687. The number of aryl methyl sites for hydroxylation is 1. The summed E-state index contributed by atoms with van der Waals surface area (Å²) in [6.45, 7) is 6.77. The zero-order chi connectivity index (χ0) is 15.5. The van der Waals surface area contributed by atoms with Crippen LogP contribution in [-0.2, 0) is 23.1 Å². The number of hydrogen-bond donors (Lipinski definition) is 2. The maximum absolute atomic E-state index is 12.2. The Hall–Kier alpha value is -1.15. The second kappa shape index (κ2) is 6.74. The van der Waals surface area contributed by atoms with E-state index >= 15 is 0 Å². The molecule has 0 aliphatic carbocycles. The van der Waals surface area contributed by atoms with E-state index in [2.05, 4.69) is 23.9 Å². The molecule has 2 N–H and O–H groups in total. The van der Waals surface area contributed by atoms with Crippen molar-refractivity contribution < 1.29 is 12.8 Å². The van der Waals surface area contributed by atoms with Crippen LogP contribution >= 0.6 is 11.3 Å². The average molecular weight is 328 g/mol. The molecule has 2 heterocycles. The smallest absolute Gasteiger partial charge is 0.241 e. The third-order valence-corrected chi connectivity index (χ3v) is 5.32. The lowest BCUT2D eigenvalue weighted by molar-refractivity contribution is 0.475. The molecule has 21 heavy (non-hydrogen) atoms. The van der Waals surface area contributed by atoms with E-state index < -0.39 is 10.0 Å². The van der Waals surface area contributed by atoms with Crippen molar-refractivity contribution in [3.63, 3.8) is 0 Å². The van der Waals surface area contributed by atoms with Gasteiger partial charge in [-0.1, -0.05) is 13.8 Å². The van der Waals surface area contributed by atoms with Gasteiger partial charge >= 0.3 is 0 Å². The summed E-state index contributed by atoms with van der Waals surface area (Å²) in [5.74, 6) is 1.37. The van der Waals surface area contributed by atoms with Crippen LogP contribution in [0.15, 0.2) is 32.9 Å². The van der Waals surface area contributed by atoms with Crippen LogP contribution in [0.5, 0.6) is 0 Å². The van der Waals surface area contributed by atoms with Gasteiger partial charge in [-0.3, -0.25) is 0 Å². The van der Waals surface area contributed by atoms with Crippen LogP contribution in [0, 0.1) is 6.92 Å². The van der Waals surface area contributed by atoms with E-state index in [0.29, 0.717) is 23.2 Å². The van der Waals surface area contributed by atoms with Crippen LogP contribution in [-0.4, -0.2) is 14.5 Å². The minimum Gasteiger partial charge on any atom is -0.465 e. The van der Waals surface area contributed by atoms with Gasteiger partial charge in [-0.25, -0.2) is 13.1 Å². The predicted octanol–water partition coefficient (Wildman–Crippen LogP) is 2.63. The molecule has 0 unspecified atom stereocenters. The number of thiophene rings is 1. The van der Waals surface area contributed by atoms with Crippen molar-refractivity contribution in [3.8, 4) is 0 Å². The Morgan fingerprint density at radius 3 is 2.67 bits per heavy atom. The summed E-state index contributed by atoms with van der Waals surface area (Å²) in [7, 11) is -3.49. The van der Waals surface area contributed by atoms with E-state index in [9.17, 15) is 8.42 Å². The summed E-state index contributed by atoms with van der Waals surface area (Å²) in [5, 5.41) is 4.93. The zero-order valence-electron chi connectivity index (χ0n) is 12.3. The minimum atomic E-state index is -3.49. The molecule has 0 spiro atoms. The van der Waals surface area contributed by atoms with Gasteiger partial charge in [0.05, 0.1) is 11.4 Å². The standard InChI is InChI=1S/C14H20N2O3S2/c1-10(2)15-8-13-6-14(9-20-13)21(17,18)16-7-12-5-4-11(3)19-12/h4-6,9-10,15-16H,7-8H2,1-3H3. The number of furan rings is 1. The summed E-state index contributed by atoms with van der Waals surface area (Å²) < 4.78 is 32.3. The summed E-state index contributed by atoms with van der Waals surface area (Å²) in [6.07, 6.45) is 0. The highest BCUT2D eigenvalue weighted by Crippen LogP contribution is 2.19. The molecular formula is C14H20N2O3S2. The molecule has 0 atom stereocenters. The molecule has 0 aromatic carbocycles. The number of nitrogens with one attached hydrogen (secondary N) is 2. The van der Waals surface area contributed by atoms with Crippen LogP contribution in [0.3, 0.4) is 0 Å². The molecule has 2 rings (SSSR count). The normalized spacial score (nSPS) is 12.2. The number of sulfonamides is 1. The molecule has 0 bridgehead atoms. The van der Waals surface area contributed by atoms with Gasteiger partial charge in [0.25, 0.3) is 0 Å². The molecule has 0 aliphatic heterocycles. The topological polar surface area (TPSA) is 71.3 Å². The molecule has 7 heteroatoms. The highest BCUT2D eigenvalue weighted by atomic mass is 32.2. The van der Waals surface area contributed by atoms with E-state index in [1.807, 2.05) is 13.0 Å². The zero-order valence-corrected chi connectivity index (χ0v) is 14.0. The van der Waals surface area contributed by atoms with E-state index in [4.69, 9.17) is 4.42 Å². The first-order valence-corrected chi connectivity index (χ1v) is 9.09.